The van der Waals surface area contributed by atoms with Crippen molar-refractivity contribution in [2.45, 2.75) is 13.8 Å². The van der Waals surface area contributed by atoms with E-state index in [-0.39, 0.29) is 23.5 Å². The number of fused-ring (bicyclic) bond motifs is 1. The minimum absolute atomic E-state index is 0. The van der Waals surface area contributed by atoms with Crippen LogP contribution in [0.2, 0.25) is 5.02 Å². The second-order valence-electron chi connectivity index (χ2n) is 6.63. The first-order valence-electron chi connectivity index (χ1n) is 8.77. The average molecular weight is 424 g/mol. The number of nitrogens with one attached hydrogen (secondary N) is 1. The summed E-state index contributed by atoms with van der Waals surface area (Å²) < 4.78 is 16.1. The summed E-state index contributed by atoms with van der Waals surface area (Å²) in [6, 6.07) is 4.42. The molecule has 148 valence electrons. The molecule has 28 heavy (non-hydrogen) atoms. The molecule has 1 saturated heterocycles. The number of benzene rings is 1. The smallest absolute Gasteiger partial charge is 0.261 e. The van der Waals surface area contributed by atoms with Crippen LogP contribution in [0.25, 0.3) is 16.9 Å². The number of anilines is 1. The van der Waals surface area contributed by atoms with Crippen molar-refractivity contribution in [3.63, 3.8) is 0 Å². The summed E-state index contributed by atoms with van der Waals surface area (Å²) in [5.41, 5.74) is 1.93. The Labute approximate surface area is 172 Å². The van der Waals surface area contributed by atoms with Gasteiger partial charge in [-0.3, -0.25) is 9.20 Å². The topological polar surface area (TPSA) is 62.5 Å². The monoisotopic (exact) mass is 423 g/mol. The number of aryl methyl sites for hydroxylation is 1. The zero-order valence-corrected chi connectivity index (χ0v) is 17.1. The molecule has 0 atom stereocenters. The van der Waals surface area contributed by atoms with Crippen molar-refractivity contribution in [2.75, 3.05) is 31.1 Å². The van der Waals surface area contributed by atoms with E-state index in [1.807, 2.05) is 0 Å². The van der Waals surface area contributed by atoms with Gasteiger partial charge in [0.2, 0.25) is 0 Å². The lowest BCUT2D eigenvalue weighted by Crippen LogP contribution is -2.44. The van der Waals surface area contributed by atoms with Crippen LogP contribution in [-0.4, -0.2) is 40.5 Å². The van der Waals surface area contributed by atoms with Crippen molar-refractivity contribution in [2.24, 2.45) is 0 Å². The SMILES string of the molecule is Cc1nc2c(-c3ccc(Cl)cc3F)nc(N3CCNCC3)cn2c(=O)c1C.Cl. The van der Waals surface area contributed by atoms with Crippen LogP contribution in [0.5, 0.6) is 0 Å². The number of halogens is 3. The zero-order chi connectivity index (χ0) is 19.1. The van der Waals surface area contributed by atoms with Gasteiger partial charge in [0.25, 0.3) is 5.56 Å². The lowest BCUT2D eigenvalue weighted by molar-refractivity contribution is 0.584. The van der Waals surface area contributed by atoms with Gasteiger partial charge in [-0.1, -0.05) is 11.6 Å². The van der Waals surface area contributed by atoms with E-state index in [0.29, 0.717) is 33.4 Å². The third-order valence-corrected chi connectivity index (χ3v) is 5.13. The first-order chi connectivity index (χ1) is 13.0. The average Bonchev–Trinajstić information content (AvgIpc) is 2.67. The van der Waals surface area contributed by atoms with Gasteiger partial charge in [-0.05, 0) is 32.0 Å². The van der Waals surface area contributed by atoms with Gasteiger partial charge in [0.15, 0.2) is 5.65 Å². The van der Waals surface area contributed by atoms with Crippen molar-refractivity contribution in [1.82, 2.24) is 19.7 Å². The van der Waals surface area contributed by atoms with E-state index < -0.39 is 5.82 Å². The normalized spacial score (nSPS) is 14.2. The van der Waals surface area contributed by atoms with Crippen LogP contribution in [0.3, 0.4) is 0 Å². The van der Waals surface area contributed by atoms with Crippen LogP contribution in [-0.2, 0) is 0 Å². The van der Waals surface area contributed by atoms with Gasteiger partial charge in [-0.25, -0.2) is 14.4 Å². The standard InChI is InChI=1S/C19H19ClFN5O.ClH/c1-11-12(2)23-18-17(14-4-3-13(20)9-15(14)21)24-16(10-26(18)19(11)27)25-7-5-22-6-8-25;/h3-4,9-10,22H,5-8H2,1-2H3;1H. The molecule has 0 unspecified atom stereocenters. The van der Waals surface area contributed by atoms with Crippen molar-refractivity contribution in [3.05, 3.63) is 56.8 Å². The first kappa shape index (κ1) is 20.5. The van der Waals surface area contributed by atoms with E-state index in [2.05, 4.69) is 15.2 Å². The number of rotatable bonds is 2. The number of nitrogens with zero attached hydrogens (tertiary/aromatic N) is 4. The molecule has 0 aliphatic carbocycles. The number of hydrogen-bond acceptors (Lipinski definition) is 5. The molecule has 2 aromatic heterocycles. The highest BCUT2D eigenvalue weighted by molar-refractivity contribution is 6.30. The Bertz CT molecular complexity index is 1100. The van der Waals surface area contributed by atoms with Crippen molar-refractivity contribution >= 4 is 35.5 Å². The highest BCUT2D eigenvalue weighted by Crippen LogP contribution is 2.28. The van der Waals surface area contributed by atoms with Crippen LogP contribution >= 0.6 is 24.0 Å². The molecule has 3 heterocycles. The molecule has 0 radical (unpaired) electrons. The molecule has 1 aromatic carbocycles. The summed E-state index contributed by atoms with van der Waals surface area (Å²) in [7, 11) is 0. The third-order valence-electron chi connectivity index (χ3n) is 4.89. The molecule has 0 saturated carbocycles. The first-order valence-corrected chi connectivity index (χ1v) is 9.15. The Morgan fingerprint density at radius 2 is 1.89 bits per heavy atom. The molecule has 1 fully saturated rings. The van der Waals surface area contributed by atoms with E-state index in [1.54, 1.807) is 32.2 Å². The van der Waals surface area contributed by atoms with Crippen molar-refractivity contribution in [3.8, 4) is 11.3 Å². The lowest BCUT2D eigenvalue weighted by atomic mass is 10.1. The summed E-state index contributed by atoms with van der Waals surface area (Å²) >= 11 is 5.90. The van der Waals surface area contributed by atoms with Crippen molar-refractivity contribution < 1.29 is 4.39 Å². The zero-order valence-electron chi connectivity index (χ0n) is 15.5. The van der Waals surface area contributed by atoms with Gasteiger partial charge in [0, 0.05) is 48.0 Å². The summed E-state index contributed by atoms with van der Waals surface area (Å²) in [4.78, 5) is 24.2. The Morgan fingerprint density at radius 1 is 1.18 bits per heavy atom. The van der Waals surface area contributed by atoms with E-state index in [1.165, 1.54) is 10.5 Å². The number of piperazine rings is 1. The Hall–Kier alpha value is -2.22. The van der Waals surface area contributed by atoms with Crippen LogP contribution in [0.15, 0.2) is 29.2 Å². The van der Waals surface area contributed by atoms with Crippen molar-refractivity contribution in [1.29, 1.82) is 0 Å². The predicted octanol–water partition coefficient (Wildman–Crippen LogP) is 3.00. The maximum Gasteiger partial charge on any atom is 0.261 e. The fourth-order valence-electron chi connectivity index (χ4n) is 3.23. The predicted molar refractivity (Wildman–Crippen MR) is 111 cm³/mol. The summed E-state index contributed by atoms with van der Waals surface area (Å²) in [5, 5.41) is 3.59. The molecule has 4 rings (SSSR count). The van der Waals surface area contributed by atoms with E-state index >= 15 is 0 Å². The van der Waals surface area contributed by atoms with Crippen LogP contribution in [0.1, 0.15) is 11.3 Å². The van der Waals surface area contributed by atoms with Gasteiger partial charge in [-0.15, -0.1) is 12.4 Å². The van der Waals surface area contributed by atoms with E-state index in [4.69, 9.17) is 16.6 Å². The molecule has 6 nitrogen and oxygen atoms in total. The second-order valence-corrected chi connectivity index (χ2v) is 7.07. The van der Waals surface area contributed by atoms with Gasteiger partial charge >= 0.3 is 0 Å². The van der Waals surface area contributed by atoms with E-state index in [9.17, 15) is 9.18 Å². The van der Waals surface area contributed by atoms with Gasteiger partial charge in [-0.2, -0.15) is 0 Å². The summed E-state index contributed by atoms with van der Waals surface area (Å²) in [5.74, 6) is 0.127. The third kappa shape index (κ3) is 3.57. The van der Waals surface area contributed by atoms with E-state index in [0.717, 1.165) is 26.2 Å². The molecular weight excluding hydrogens is 404 g/mol. The Kier molecular flexibility index (Phi) is 5.88. The van der Waals surface area contributed by atoms with Crippen LogP contribution < -0.4 is 15.8 Å². The minimum Gasteiger partial charge on any atom is -0.353 e. The Balaban J connectivity index is 0.00000225. The van der Waals surface area contributed by atoms with Crippen LogP contribution in [0, 0.1) is 19.7 Å². The second kappa shape index (κ2) is 8.03. The molecule has 0 amide bonds. The van der Waals surface area contributed by atoms with Gasteiger partial charge in [0.1, 0.15) is 17.3 Å². The number of aromatic nitrogens is 3. The molecule has 0 spiro atoms. The molecule has 1 aliphatic heterocycles. The molecule has 9 heteroatoms. The van der Waals surface area contributed by atoms with Gasteiger partial charge < -0.3 is 10.2 Å². The Morgan fingerprint density at radius 3 is 2.57 bits per heavy atom. The quantitative estimate of drug-likeness (QED) is 0.686. The maximum atomic E-state index is 14.7. The molecule has 1 N–H and O–H groups in total. The minimum atomic E-state index is -0.498. The highest BCUT2D eigenvalue weighted by atomic mass is 35.5. The summed E-state index contributed by atoms with van der Waals surface area (Å²) in [6.07, 6.45) is 1.69. The van der Waals surface area contributed by atoms with Crippen LogP contribution in [0.4, 0.5) is 10.2 Å². The fourth-order valence-corrected chi connectivity index (χ4v) is 3.39. The largest absolute Gasteiger partial charge is 0.353 e. The molecule has 3 aromatic rings. The maximum absolute atomic E-state index is 14.7. The molecule has 1 aliphatic rings. The highest BCUT2D eigenvalue weighted by Gasteiger charge is 2.20. The molecular formula is C19H20Cl2FN5O. The summed E-state index contributed by atoms with van der Waals surface area (Å²) in [6.45, 7) is 6.67. The number of hydrogen-bond donors (Lipinski definition) is 1. The van der Waals surface area contributed by atoms with Gasteiger partial charge in [0.05, 0.1) is 6.20 Å². The molecule has 0 bridgehead atoms. The fraction of sp³-hybridized carbons (Fsp3) is 0.316. The lowest BCUT2D eigenvalue weighted by Gasteiger charge is -2.29.